The number of nitrogens with zero attached hydrogens (tertiary/aromatic N) is 1. The van der Waals surface area contributed by atoms with Crippen molar-refractivity contribution in [1.82, 2.24) is 10.4 Å². The number of hydrogen-bond acceptors (Lipinski definition) is 5. The van der Waals surface area contributed by atoms with E-state index in [0.29, 0.717) is 5.56 Å². The number of methoxy groups -OCH3 is 2. The van der Waals surface area contributed by atoms with Gasteiger partial charge in [0.25, 0.3) is 0 Å². The van der Waals surface area contributed by atoms with Crippen molar-refractivity contribution in [3.05, 3.63) is 35.9 Å². The Kier molecular flexibility index (Phi) is 5.29. The molecule has 7 nitrogen and oxygen atoms in total. The SMILES string of the molecule is COC(=O)NN(C(=O)OC)C(C)(C)C(=O)c1ccccc1. The van der Waals surface area contributed by atoms with Crippen molar-refractivity contribution < 1.29 is 23.9 Å². The molecule has 114 valence electrons. The third-order valence-corrected chi connectivity index (χ3v) is 2.90. The molecule has 0 aromatic heterocycles. The normalized spacial score (nSPS) is 10.5. The Morgan fingerprint density at radius 2 is 1.62 bits per heavy atom. The van der Waals surface area contributed by atoms with E-state index in [1.54, 1.807) is 30.3 Å². The molecule has 0 saturated heterocycles. The van der Waals surface area contributed by atoms with Gasteiger partial charge in [0.05, 0.1) is 14.2 Å². The lowest BCUT2D eigenvalue weighted by Gasteiger charge is -2.35. The summed E-state index contributed by atoms with van der Waals surface area (Å²) in [7, 11) is 2.30. The highest BCUT2D eigenvalue weighted by Gasteiger charge is 2.40. The number of nitrogens with one attached hydrogen (secondary N) is 1. The first-order valence-electron chi connectivity index (χ1n) is 6.17. The molecule has 1 N–H and O–H groups in total. The summed E-state index contributed by atoms with van der Waals surface area (Å²) in [5.41, 5.74) is 1.23. The van der Waals surface area contributed by atoms with Crippen molar-refractivity contribution in [2.45, 2.75) is 19.4 Å². The molecule has 0 aliphatic rings. The number of hydrogen-bond donors (Lipinski definition) is 1. The van der Waals surface area contributed by atoms with Gasteiger partial charge in [0.15, 0.2) is 5.78 Å². The zero-order valence-electron chi connectivity index (χ0n) is 12.4. The molecule has 21 heavy (non-hydrogen) atoms. The van der Waals surface area contributed by atoms with Crippen LogP contribution in [0, 0.1) is 0 Å². The van der Waals surface area contributed by atoms with Gasteiger partial charge in [-0.25, -0.2) is 20.0 Å². The molecule has 1 aromatic rings. The monoisotopic (exact) mass is 294 g/mol. The lowest BCUT2D eigenvalue weighted by atomic mass is 9.92. The molecule has 0 spiro atoms. The lowest BCUT2D eigenvalue weighted by Crippen LogP contribution is -2.60. The van der Waals surface area contributed by atoms with Gasteiger partial charge in [0.1, 0.15) is 5.54 Å². The highest BCUT2D eigenvalue weighted by atomic mass is 16.6. The van der Waals surface area contributed by atoms with Crippen molar-refractivity contribution in [1.29, 1.82) is 0 Å². The van der Waals surface area contributed by atoms with Crippen LogP contribution in [0.1, 0.15) is 24.2 Å². The number of ether oxygens (including phenoxy) is 2. The molecule has 0 aliphatic heterocycles. The van der Waals surface area contributed by atoms with Crippen molar-refractivity contribution in [3.8, 4) is 0 Å². The van der Waals surface area contributed by atoms with Gasteiger partial charge >= 0.3 is 12.2 Å². The van der Waals surface area contributed by atoms with E-state index in [0.717, 1.165) is 19.2 Å². The fourth-order valence-electron chi connectivity index (χ4n) is 1.69. The number of carbonyl (C=O) groups excluding carboxylic acids is 3. The first-order chi connectivity index (χ1) is 9.84. The van der Waals surface area contributed by atoms with Gasteiger partial charge in [0.2, 0.25) is 0 Å². The van der Waals surface area contributed by atoms with E-state index in [1.807, 2.05) is 0 Å². The predicted octanol–water partition coefficient (Wildman–Crippen LogP) is 1.99. The van der Waals surface area contributed by atoms with E-state index in [-0.39, 0.29) is 5.78 Å². The van der Waals surface area contributed by atoms with Crippen LogP contribution in [0.15, 0.2) is 30.3 Å². The second-order valence-corrected chi connectivity index (χ2v) is 4.66. The van der Waals surface area contributed by atoms with Crippen LogP contribution in [0.25, 0.3) is 0 Å². The number of amides is 2. The Hall–Kier alpha value is -2.57. The Morgan fingerprint density at radius 1 is 1.05 bits per heavy atom. The molecule has 0 aliphatic carbocycles. The van der Waals surface area contributed by atoms with Gasteiger partial charge in [-0.1, -0.05) is 30.3 Å². The number of Topliss-reactive ketones (excluding diaryl/α,β-unsaturated/α-hetero) is 1. The van der Waals surface area contributed by atoms with Gasteiger partial charge in [-0.3, -0.25) is 4.79 Å². The summed E-state index contributed by atoms with van der Waals surface area (Å²) >= 11 is 0. The van der Waals surface area contributed by atoms with Crippen LogP contribution in [-0.4, -0.2) is 42.7 Å². The molecule has 0 unspecified atom stereocenters. The molecular formula is C14H18N2O5. The Balaban J connectivity index is 3.11. The maximum atomic E-state index is 12.6. The van der Waals surface area contributed by atoms with Crippen LogP contribution >= 0.6 is 0 Å². The zero-order valence-corrected chi connectivity index (χ0v) is 12.4. The average Bonchev–Trinajstić information content (AvgIpc) is 2.51. The highest BCUT2D eigenvalue weighted by molar-refractivity contribution is 6.04. The quantitative estimate of drug-likeness (QED) is 0.680. The number of rotatable bonds is 3. The summed E-state index contributed by atoms with van der Waals surface area (Å²) in [6.07, 6.45) is -1.76. The van der Waals surface area contributed by atoms with Crippen LogP contribution in [0.2, 0.25) is 0 Å². The minimum atomic E-state index is -1.36. The van der Waals surface area contributed by atoms with Crippen LogP contribution < -0.4 is 5.43 Å². The molecule has 0 heterocycles. The summed E-state index contributed by atoms with van der Waals surface area (Å²) in [4.78, 5) is 35.7. The Bertz CT molecular complexity index is 527. The Labute approximate surface area is 122 Å². The number of ketones is 1. The molecule has 0 bridgehead atoms. The number of hydrazine groups is 1. The summed E-state index contributed by atoms with van der Waals surface area (Å²) in [6, 6.07) is 8.43. The van der Waals surface area contributed by atoms with E-state index in [4.69, 9.17) is 0 Å². The van der Waals surface area contributed by atoms with Gasteiger partial charge in [0, 0.05) is 5.56 Å². The number of carbonyl (C=O) groups is 3. The van der Waals surface area contributed by atoms with Crippen LogP contribution in [0.3, 0.4) is 0 Å². The average molecular weight is 294 g/mol. The first-order valence-corrected chi connectivity index (χ1v) is 6.17. The van der Waals surface area contributed by atoms with Gasteiger partial charge in [-0.05, 0) is 13.8 Å². The van der Waals surface area contributed by atoms with Crippen LogP contribution in [-0.2, 0) is 9.47 Å². The van der Waals surface area contributed by atoms with E-state index < -0.39 is 17.7 Å². The Morgan fingerprint density at radius 3 is 2.10 bits per heavy atom. The smallest absolute Gasteiger partial charge is 0.429 e. The summed E-state index contributed by atoms with van der Waals surface area (Å²) in [6.45, 7) is 2.99. The van der Waals surface area contributed by atoms with E-state index in [2.05, 4.69) is 14.9 Å². The lowest BCUT2D eigenvalue weighted by molar-refractivity contribution is 0.0350. The zero-order chi connectivity index (χ0) is 16.0. The molecule has 1 aromatic carbocycles. The maximum absolute atomic E-state index is 12.6. The predicted molar refractivity (Wildman–Crippen MR) is 74.6 cm³/mol. The molecule has 0 fully saturated rings. The molecule has 1 rings (SSSR count). The summed E-state index contributed by atoms with van der Waals surface area (Å²) in [5.74, 6) is -0.357. The highest BCUT2D eigenvalue weighted by Crippen LogP contribution is 2.20. The second-order valence-electron chi connectivity index (χ2n) is 4.66. The second kappa shape index (κ2) is 6.74. The van der Waals surface area contributed by atoms with Gasteiger partial charge in [-0.2, -0.15) is 0 Å². The van der Waals surface area contributed by atoms with Crippen molar-refractivity contribution in [2.75, 3.05) is 14.2 Å². The van der Waals surface area contributed by atoms with Crippen molar-refractivity contribution in [2.24, 2.45) is 0 Å². The van der Waals surface area contributed by atoms with Gasteiger partial charge < -0.3 is 9.47 Å². The largest absolute Gasteiger partial charge is 0.452 e. The fraction of sp³-hybridized carbons (Fsp3) is 0.357. The molecule has 2 amide bonds. The summed E-state index contributed by atoms with van der Waals surface area (Å²) < 4.78 is 9.04. The standard InChI is InChI=1S/C14H18N2O5/c1-14(2,11(17)10-8-6-5-7-9-10)16(13(19)21-4)15-12(18)20-3/h5-9H,1-4H3,(H,15,18). The number of benzene rings is 1. The van der Waals surface area contributed by atoms with Crippen LogP contribution in [0.4, 0.5) is 9.59 Å². The molecule has 0 radical (unpaired) electrons. The van der Waals surface area contributed by atoms with Crippen LogP contribution in [0.5, 0.6) is 0 Å². The van der Waals surface area contributed by atoms with E-state index in [9.17, 15) is 14.4 Å². The molecule has 0 saturated carbocycles. The minimum absolute atomic E-state index is 0.357. The van der Waals surface area contributed by atoms with E-state index in [1.165, 1.54) is 13.8 Å². The molecule has 0 atom stereocenters. The van der Waals surface area contributed by atoms with Gasteiger partial charge in [-0.15, -0.1) is 0 Å². The fourth-order valence-corrected chi connectivity index (χ4v) is 1.69. The topological polar surface area (TPSA) is 84.9 Å². The third-order valence-electron chi connectivity index (χ3n) is 2.90. The van der Waals surface area contributed by atoms with Crippen molar-refractivity contribution in [3.63, 3.8) is 0 Å². The van der Waals surface area contributed by atoms with E-state index >= 15 is 0 Å². The maximum Gasteiger partial charge on any atom is 0.429 e. The first kappa shape index (κ1) is 16.5. The minimum Gasteiger partial charge on any atom is -0.452 e. The third kappa shape index (κ3) is 3.71. The van der Waals surface area contributed by atoms with Crippen molar-refractivity contribution >= 4 is 18.0 Å². The molecule has 7 heteroatoms. The molecular weight excluding hydrogens is 276 g/mol. The summed E-state index contributed by atoms with van der Waals surface area (Å²) in [5, 5.41) is 0.800.